The summed E-state index contributed by atoms with van der Waals surface area (Å²) in [4.78, 5) is 0. The molecule has 0 radical (unpaired) electrons. The average molecular weight is 559 g/mol. The van der Waals surface area contributed by atoms with Gasteiger partial charge in [0, 0.05) is 11.5 Å². The van der Waals surface area contributed by atoms with Crippen LogP contribution in [0.3, 0.4) is 0 Å². The van der Waals surface area contributed by atoms with Crippen molar-refractivity contribution in [3.8, 4) is 28.0 Å². The highest BCUT2D eigenvalue weighted by Gasteiger charge is 2.32. The Morgan fingerprint density at radius 1 is 0.805 bits per heavy atom. The van der Waals surface area contributed by atoms with Crippen LogP contribution in [0.2, 0.25) is 0 Å². The van der Waals surface area contributed by atoms with Crippen LogP contribution in [0.1, 0.15) is 83.1 Å². The van der Waals surface area contributed by atoms with Gasteiger partial charge in [-0.3, -0.25) is 0 Å². The van der Waals surface area contributed by atoms with Crippen LogP contribution in [0.25, 0.3) is 22.3 Å². The summed E-state index contributed by atoms with van der Waals surface area (Å²) >= 11 is 0. The first-order valence-corrected chi connectivity index (χ1v) is 15.6. The molecule has 0 spiro atoms. The van der Waals surface area contributed by atoms with Crippen molar-refractivity contribution in [1.29, 1.82) is 0 Å². The molecule has 0 N–H and O–H groups in total. The van der Waals surface area contributed by atoms with Crippen LogP contribution < -0.4 is 4.74 Å². The molecule has 1 saturated heterocycles. The Kier molecular flexibility index (Phi) is 10.3. The molecule has 4 heteroatoms. The van der Waals surface area contributed by atoms with Gasteiger partial charge in [-0.1, -0.05) is 80.4 Å². The van der Waals surface area contributed by atoms with Crippen LogP contribution in [-0.2, 0) is 4.74 Å². The normalized spacial score (nSPS) is 23.1. The molecule has 0 amide bonds. The molecule has 2 atom stereocenters. The van der Waals surface area contributed by atoms with E-state index in [1.54, 1.807) is 6.07 Å². The maximum atomic E-state index is 14.8. The van der Waals surface area contributed by atoms with Crippen molar-refractivity contribution in [1.82, 2.24) is 0 Å². The predicted octanol–water partition coefficient (Wildman–Crippen LogP) is 10.5. The standard InChI is InChI=1S/C37H44F2O2/c1-3-5-6-7-26-8-10-31(11-9-26)34-22-20-32(25-41-34)29-14-12-27(13-15-29)28-16-18-30(19-17-28)33-21-23-35(40-24-4-2)37(39)36(33)38/h3,5,12-19,21,23,26,31-32,34H,4,6-11,20,22,24-25H2,1-2H3/b5-3+. The maximum Gasteiger partial charge on any atom is 0.201 e. The molecule has 2 aliphatic rings. The molecule has 1 heterocycles. The van der Waals surface area contributed by atoms with E-state index in [1.807, 2.05) is 31.2 Å². The fourth-order valence-corrected chi connectivity index (χ4v) is 6.62. The molecule has 1 aliphatic carbocycles. The molecule has 218 valence electrons. The fraction of sp³-hybridized carbons (Fsp3) is 0.459. The van der Waals surface area contributed by atoms with Gasteiger partial charge in [0.25, 0.3) is 0 Å². The Balaban J connectivity index is 1.14. The molecule has 3 aromatic rings. The highest BCUT2D eigenvalue weighted by Crippen LogP contribution is 2.39. The lowest BCUT2D eigenvalue weighted by molar-refractivity contribution is -0.0435. The molecule has 5 rings (SSSR count). The van der Waals surface area contributed by atoms with E-state index in [4.69, 9.17) is 9.47 Å². The molecular formula is C37H44F2O2. The summed E-state index contributed by atoms with van der Waals surface area (Å²) in [7, 11) is 0. The minimum Gasteiger partial charge on any atom is -0.490 e. The number of halogens is 2. The zero-order valence-corrected chi connectivity index (χ0v) is 24.6. The van der Waals surface area contributed by atoms with Crippen molar-refractivity contribution in [3.05, 3.63) is 90.0 Å². The summed E-state index contributed by atoms with van der Waals surface area (Å²) in [6.45, 7) is 5.20. The van der Waals surface area contributed by atoms with Gasteiger partial charge in [0.2, 0.25) is 5.82 Å². The second-order valence-electron chi connectivity index (χ2n) is 11.9. The summed E-state index contributed by atoms with van der Waals surface area (Å²) in [5, 5.41) is 0. The van der Waals surface area contributed by atoms with E-state index >= 15 is 0 Å². The lowest BCUT2D eigenvalue weighted by atomic mass is 9.75. The molecule has 1 aliphatic heterocycles. The second kappa shape index (κ2) is 14.3. The van der Waals surface area contributed by atoms with Gasteiger partial charge < -0.3 is 9.47 Å². The first-order valence-electron chi connectivity index (χ1n) is 15.6. The van der Waals surface area contributed by atoms with Gasteiger partial charge in [-0.15, -0.1) is 0 Å². The number of benzene rings is 3. The molecule has 0 bridgehead atoms. The zero-order valence-electron chi connectivity index (χ0n) is 24.6. The first-order chi connectivity index (χ1) is 20.1. The van der Waals surface area contributed by atoms with Crippen molar-refractivity contribution in [2.75, 3.05) is 13.2 Å². The third kappa shape index (κ3) is 7.27. The number of hydrogen-bond acceptors (Lipinski definition) is 2. The smallest absolute Gasteiger partial charge is 0.201 e. The van der Waals surface area contributed by atoms with Gasteiger partial charge in [-0.2, -0.15) is 4.39 Å². The molecule has 41 heavy (non-hydrogen) atoms. The number of rotatable bonds is 10. The van der Waals surface area contributed by atoms with Crippen LogP contribution in [0.5, 0.6) is 5.75 Å². The number of allylic oxidation sites excluding steroid dienone is 2. The van der Waals surface area contributed by atoms with Crippen LogP contribution in [0, 0.1) is 23.5 Å². The van der Waals surface area contributed by atoms with Crippen LogP contribution in [-0.4, -0.2) is 19.3 Å². The van der Waals surface area contributed by atoms with E-state index in [-0.39, 0.29) is 11.3 Å². The topological polar surface area (TPSA) is 18.5 Å². The Morgan fingerprint density at radius 2 is 1.49 bits per heavy atom. The van der Waals surface area contributed by atoms with Gasteiger partial charge >= 0.3 is 0 Å². The summed E-state index contributed by atoms with van der Waals surface area (Å²) in [5.74, 6) is 0.229. The van der Waals surface area contributed by atoms with E-state index < -0.39 is 11.6 Å². The molecule has 2 nitrogen and oxygen atoms in total. The zero-order chi connectivity index (χ0) is 28.6. The summed E-state index contributed by atoms with van der Waals surface area (Å²) in [5.41, 5.74) is 4.36. The van der Waals surface area contributed by atoms with Crippen LogP contribution in [0.15, 0.2) is 72.8 Å². The van der Waals surface area contributed by atoms with Crippen LogP contribution >= 0.6 is 0 Å². The highest BCUT2D eigenvalue weighted by molar-refractivity contribution is 5.71. The summed E-state index contributed by atoms with van der Waals surface area (Å²) < 4.78 is 41.0. The Bertz CT molecular complexity index is 1270. The maximum absolute atomic E-state index is 14.8. The number of ether oxygens (including phenoxy) is 2. The number of hydrogen-bond donors (Lipinski definition) is 0. The van der Waals surface area contributed by atoms with Crippen molar-refractivity contribution >= 4 is 0 Å². The lowest BCUT2D eigenvalue weighted by Gasteiger charge is -2.38. The van der Waals surface area contributed by atoms with Gasteiger partial charge in [0.15, 0.2) is 11.6 Å². The second-order valence-corrected chi connectivity index (χ2v) is 11.9. The minimum atomic E-state index is -0.934. The molecule has 2 unspecified atom stereocenters. The van der Waals surface area contributed by atoms with E-state index in [9.17, 15) is 8.78 Å². The predicted molar refractivity (Wildman–Crippen MR) is 164 cm³/mol. The van der Waals surface area contributed by atoms with E-state index in [0.29, 0.717) is 24.2 Å². The minimum absolute atomic E-state index is 0.0398. The molecule has 1 saturated carbocycles. The molecular weight excluding hydrogens is 514 g/mol. The quantitative estimate of drug-likeness (QED) is 0.230. The van der Waals surface area contributed by atoms with Gasteiger partial charge in [0.05, 0.1) is 19.3 Å². The monoisotopic (exact) mass is 558 g/mol. The molecule has 0 aromatic heterocycles. The SMILES string of the molecule is C/C=C/CCC1CCC(C2CCC(c3ccc(-c4ccc(-c5ccc(OCCC)c(F)c5F)cc4)cc3)CO2)CC1. The van der Waals surface area contributed by atoms with E-state index in [0.717, 1.165) is 42.4 Å². The Morgan fingerprint density at radius 3 is 2.12 bits per heavy atom. The van der Waals surface area contributed by atoms with Crippen molar-refractivity contribution in [3.63, 3.8) is 0 Å². The van der Waals surface area contributed by atoms with Crippen molar-refractivity contribution in [2.24, 2.45) is 11.8 Å². The van der Waals surface area contributed by atoms with Crippen molar-refractivity contribution in [2.45, 2.75) is 83.7 Å². The summed E-state index contributed by atoms with van der Waals surface area (Å²) in [6.07, 6.45) is 15.9. The van der Waals surface area contributed by atoms with Crippen LogP contribution in [0.4, 0.5) is 8.78 Å². The van der Waals surface area contributed by atoms with E-state index in [2.05, 4.69) is 43.3 Å². The van der Waals surface area contributed by atoms with E-state index in [1.165, 1.54) is 56.6 Å². The Hall–Kier alpha value is -2.98. The summed E-state index contributed by atoms with van der Waals surface area (Å²) in [6, 6.07) is 19.5. The average Bonchev–Trinajstić information content (AvgIpc) is 3.03. The fourth-order valence-electron chi connectivity index (χ4n) is 6.62. The third-order valence-corrected chi connectivity index (χ3v) is 9.13. The van der Waals surface area contributed by atoms with Gasteiger partial charge in [-0.25, -0.2) is 4.39 Å². The van der Waals surface area contributed by atoms with Crippen molar-refractivity contribution < 1.29 is 18.3 Å². The Labute approximate surface area is 244 Å². The van der Waals surface area contributed by atoms with Gasteiger partial charge in [-0.05, 0) is 98.1 Å². The molecule has 2 fully saturated rings. The largest absolute Gasteiger partial charge is 0.490 e. The third-order valence-electron chi connectivity index (χ3n) is 9.13. The first kappa shape index (κ1) is 29.5. The van der Waals surface area contributed by atoms with Gasteiger partial charge in [0.1, 0.15) is 0 Å². The highest BCUT2D eigenvalue weighted by atomic mass is 19.2. The lowest BCUT2D eigenvalue weighted by Crippen LogP contribution is -2.33. The molecule has 3 aromatic carbocycles.